The van der Waals surface area contributed by atoms with Crippen molar-refractivity contribution in [2.75, 3.05) is 32.9 Å². The van der Waals surface area contributed by atoms with Crippen molar-refractivity contribution in [3.05, 3.63) is 65.7 Å². The molecular weight excluding hydrogens is 374 g/mol. The minimum atomic E-state index is -0.272. The molecule has 1 aliphatic heterocycles. The molecule has 0 saturated carbocycles. The molecule has 0 spiro atoms. The van der Waals surface area contributed by atoms with Gasteiger partial charge in [0.1, 0.15) is 5.75 Å². The summed E-state index contributed by atoms with van der Waals surface area (Å²) in [6.07, 6.45) is 3.42. The molecule has 1 aliphatic rings. The van der Waals surface area contributed by atoms with Crippen molar-refractivity contribution in [1.82, 2.24) is 4.90 Å². The first-order chi connectivity index (χ1) is 13.3. The Bertz CT molecular complexity index is 700. The van der Waals surface area contributed by atoms with Gasteiger partial charge in [0.15, 0.2) is 5.78 Å². The summed E-state index contributed by atoms with van der Waals surface area (Å²) in [6.45, 7) is 5.77. The first-order valence-electron chi connectivity index (χ1n) is 9.93. The third-order valence-electron chi connectivity index (χ3n) is 4.93. The molecule has 1 unspecified atom stereocenters. The van der Waals surface area contributed by atoms with E-state index >= 15 is 0 Å². The maximum Gasteiger partial charge on any atom is 0.184 e. The Morgan fingerprint density at radius 2 is 1.71 bits per heavy atom. The van der Waals surface area contributed by atoms with Gasteiger partial charge in [0, 0.05) is 18.7 Å². The van der Waals surface area contributed by atoms with E-state index in [4.69, 9.17) is 9.47 Å². The van der Waals surface area contributed by atoms with Crippen LogP contribution in [0.2, 0.25) is 0 Å². The number of nitrogens with zero attached hydrogens (tertiary/aromatic N) is 1. The zero-order chi connectivity index (χ0) is 18.9. The van der Waals surface area contributed by atoms with E-state index in [1.165, 1.54) is 12.8 Å². The SMILES string of the molecule is CCCCCOc1ccc(C(=O)C(c2ccccc2)N2CCOCC2)cc1.[Cl-]. The fourth-order valence-electron chi connectivity index (χ4n) is 3.41. The Kier molecular flexibility index (Phi) is 9.48. The summed E-state index contributed by atoms with van der Waals surface area (Å²) in [5.74, 6) is 0.950. The molecule has 2 aromatic rings. The second-order valence-electron chi connectivity index (χ2n) is 6.91. The molecule has 3 rings (SSSR count). The number of rotatable bonds is 9. The van der Waals surface area contributed by atoms with Gasteiger partial charge in [-0.1, -0.05) is 50.1 Å². The molecule has 2 aromatic carbocycles. The Morgan fingerprint density at radius 1 is 1.04 bits per heavy atom. The number of hydrogen-bond acceptors (Lipinski definition) is 4. The van der Waals surface area contributed by atoms with Gasteiger partial charge in [-0.3, -0.25) is 9.69 Å². The van der Waals surface area contributed by atoms with Crippen molar-refractivity contribution in [3.8, 4) is 5.75 Å². The van der Waals surface area contributed by atoms with Gasteiger partial charge >= 0.3 is 0 Å². The second-order valence-corrected chi connectivity index (χ2v) is 6.91. The Balaban J connectivity index is 0.00000280. The normalized spacial score (nSPS) is 15.5. The number of Topliss-reactive ketones (excluding diaryl/α,β-unsaturated/α-hetero) is 1. The summed E-state index contributed by atoms with van der Waals surface area (Å²) in [7, 11) is 0. The molecule has 0 N–H and O–H groups in total. The quantitative estimate of drug-likeness (QED) is 0.471. The summed E-state index contributed by atoms with van der Waals surface area (Å²) in [5.41, 5.74) is 1.75. The average Bonchev–Trinajstić information content (AvgIpc) is 2.73. The van der Waals surface area contributed by atoms with Gasteiger partial charge in [0.25, 0.3) is 0 Å². The third-order valence-corrected chi connectivity index (χ3v) is 4.93. The maximum absolute atomic E-state index is 13.3. The van der Waals surface area contributed by atoms with Crippen molar-refractivity contribution in [2.24, 2.45) is 0 Å². The molecule has 0 aliphatic carbocycles. The largest absolute Gasteiger partial charge is 1.00 e. The van der Waals surface area contributed by atoms with Crippen LogP contribution in [0.25, 0.3) is 0 Å². The van der Waals surface area contributed by atoms with Gasteiger partial charge in [-0.25, -0.2) is 0 Å². The number of hydrogen-bond donors (Lipinski definition) is 0. The molecule has 0 aromatic heterocycles. The van der Waals surface area contributed by atoms with Crippen LogP contribution in [0.15, 0.2) is 54.6 Å². The number of ether oxygens (including phenoxy) is 2. The highest BCUT2D eigenvalue weighted by Crippen LogP contribution is 2.27. The van der Waals surface area contributed by atoms with Gasteiger partial charge < -0.3 is 21.9 Å². The van der Waals surface area contributed by atoms with Gasteiger partial charge in [0.05, 0.1) is 25.9 Å². The zero-order valence-corrected chi connectivity index (χ0v) is 17.2. The molecule has 1 fully saturated rings. The lowest BCUT2D eigenvalue weighted by Crippen LogP contribution is -3.00. The number of ketones is 1. The lowest BCUT2D eigenvalue weighted by molar-refractivity contribution is -0.0000268. The zero-order valence-electron chi connectivity index (χ0n) is 16.5. The second kappa shape index (κ2) is 11.8. The number of carbonyl (C=O) groups is 1. The number of unbranched alkanes of at least 4 members (excludes halogenated alkanes) is 2. The summed E-state index contributed by atoms with van der Waals surface area (Å²) >= 11 is 0. The first-order valence-corrected chi connectivity index (χ1v) is 9.93. The molecule has 1 heterocycles. The molecule has 0 bridgehead atoms. The van der Waals surface area contributed by atoms with Crippen LogP contribution in [0.1, 0.15) is 48.1 Å². The van der Waals surface area contributed by atoms with E-state index in [0.29, 0.717) is 13.2 Å². The molecular formula is C23H29ClNO3-. The molecule has 5 heteroatoms. The van der Waals surface area contributed by atoms with Crippen LogP contribution < -0.4 is 17.1 Å². The van der Waals surface area contributed by atoms with E-state index < -0.39 is 0 Å². The lowest BCUT2D eigenvalue weighted by Gasteiger charge is -2.33. The van der Waals surface area contributed by atoms with Crippen LogP contribution >= 0.6 is 0 Å². The summed E-state index contributed by atoms with van der Waals surface area (Å²) in [4.78, 5) is 15.6. The van der Waals surface area contributed by atoms with Crippen LogP contribution in [0.4, 0.5) is 0 Å². The van der Waals surface area contributed by atoms with Crippen LogP contribution in [-0.4, -0.2) is 43.6 Å². The third kappa shape index (κ3) is 6.06. The fourth-order valence-corrected chi connectivity index (χ4v) is 3.41. The van der Waals surface area contributed by atoms with E-state index in [1.54, 1.807) is 0 Å². The van der Waals surface area contributed by atoms with Crippen LogP contribution in [0.3, 0.4) is 0 Å². The molecule has 152 valence electrons. The fraction of sp³-hybridized carbons (Fsp3) is 0.435. The monoisotopic (exact) mass is 402 g/mol. The van der Waals surface area contributed by atoms with Gasteiger partial charge in [-0.05, 0) is 36.2 Å². The number of benzene rings is 2. The van der Waals surface area contributed by atoms with Crippen LogP contribution in [0.5, 0.6) is 5.75 Å². The highest BCUT2D eigenvalue weighted by atomic mass is 35.5. The molecule has 1 saturated heterocycles. The predicted octanol–water partition coefficient (Wildman–Crippen LogP) is 1.52. The number of carbonyl (C=O) groups excluding carboxylic acids is 1. The Hall–Kier alpha value is -1.88. The number of halogens is 1. The highest BCUT2D eigenvalue weighted by molar-refractivity contribution is 6.00. The predicted molar refractivity (Wildman–Crippen MR) is 107 cm³/mol. The molecule has 28 heavy (non-hydrogen) atoms. The van der Waals surface area contributed by atoms with Crippen molar-refractivity contribution in [2.45, 2.75) is 32.2 Å². The number of morpholine rings is 1. The Morgan fingerprint density at radius 3 is 2.36 bits per heavy atom. The van der Waals surface area contributed by atoms with E-state index in [9.17, 15) is 4.79 Å². The van der Waals surface area contributed by atoms with Crippen LogP contribution in [0, 0.1) is 0 Å². The van der Waals surface area contributed by atoms with Crippen LogP contribution in [-0.2, 0) is 4.74 Å². The first kappa shape index (κ1) is 22.4. The van der Waals surface area contributed by atoms with E-state index in [2.05, 4.69) is 11.8 Å². The standard InChI is InChI=1S/C23H29NO3.ClH/c1-2-3-7-16-27-21-12-10-20(11-13-21)23(25)22(19-8-5-4-6-9-19)24-14-17-26-18-15-24;/h4-6,8-13,22H,2-3,7,14-18H2,1H3;1H/p-1. The molecule has 4 nitrogen and oxygen atoms in total. The Labute approximate surface area is 174 Å². The van der Waals surface area contributed by atoms with Crippen molar-refractivity contribution in [3.63, 3.8) is 0 Å². The van der Waals surface area contributed by atoms with Gasteiger partial charge in [-0.2, -0.15) is 0 Å². The van der Waals surface area contributed by atoms with Crippen molar-refractivity contribution in [1.29, 1.82) is 0 Å². The van der Waals surface area contributed by atoms with E-state index in [1.807, 2.05) is 54.6 Å². The lowest BCUT2D eigenvalue weighted by atomic mass is 9.95. The average molecular weight is 403 g/mol. The summed E-state index contributed by atoms with van der Waals surface area (Å²) in [6, 6.07) is 17.3. The highest BCUT2D eigenvalue weighted by Gasteiger charge is 2.29. The molecule has 0 radical (unpaired) electrons. The summed E-state index contributed by atoms with van der Waals surface area (Å²) in [5, 5.41) is 0. The van der Waals surface area contributed by atoms with Gasteiger partial charge in [-0.15, -0.1) is 0 Å². The minimum absolute atomic E-state index is 0. The topological polar surface area (TPSA) is 38.8 Å². The molecule has 0 amide bonds. The molecule has 1 atom stereocenters. The smallest absolute Gasteiger partial charge is 0.184 e. The van der Waals surface area contributed by atoms with Crippen molar-refractivity contribution < 1.29 is 26.7 Å². The summed E-state index contributed by atoms with van der Waals surface area (Å²) < 4.78 is 11.2. The van der Waals surface area contributed by atoms with E-state index in [-0.39, 0.29) is 24.2 Å². The van der Waals surface area contributed by atoms with E-state index in [0.717, 1.165) is 43.0 Å². The van der Waals surface area contributed by atoms with Gasteiger partial charge in [0.2, 0.25) is 0 Å². The minimum Gasteiger partial charge on any atom is -1.00 e. The van der Waals surface area contributed by atoms with Crippen molar-refractivity contribution >= 4 is 5.78 Å². The maximum atomic E-state index is 13.3.